The highest BCUT2D eigenvalue weighted by Gasteiger charge is 2.20. The fraction of sp³-hybridized carbons (Fsp3) is 0.0526. The summed E-state index contributed by atoms with van der Waals surface area (Å²) in [6, 6.07) is 15.8. The van der Waals surface area contributed by atoms with Crippen molar-refractivity contribution >= 4 is 33.1 Å². The number of aromatic nitrogens is 1. The van der Waals surface area contributed by atoms with Crippen LogP contribution >= 0.6 is 11.6 Å². The molecule has 0 radical (unpaired) electrons. The molecule has 0 aliphatic heterocycles. The zero-order valence-electron chi connectivity index (χ0n) is 13.8. The van der Waals surface area contributed by atoms with Gasteiger partial charge < -0.3 is 0 Å². The van der Waals surface area contributed by atoms with Crippen LogP contribution in [0.3, 0.4) is 0 Å². The molecule has 0 atom stereocenters. The highest BCUT2D eigenvalue weighted by Crippen LogP contribution is 2.25. The molecule has 2 aromatic carbocycles. The number of nitrogens with zero attached hydrogens (tertiary/aromatic N) is 1. The van der Waals surface area contributed by atoms with E-state index in [1.54, 1.807) is 30.3 Å². The third-order valence-corrected chi connectivity index (χ3v) is 5.32. The Morgan fingerprint density at radius 2 is 1.77 bits per heavy atom. The molecule has 3 aromatic rings. The molecule has 1 heterocycles. The van der Waals surface area contributed by atoms with Crippen molar-refractivity contribution in [2.24, 2.45) is 0 Å². The Hall–Kier alpha value is -2.70. The first-order chi connectivity index (χ1) is 12.4. The van der Waals surface area contributed by atoms with Gasteiger partial charge in [0.25, 0.3) is 10.0 Å². The van der Waals surface area contributed by atoms with Crippen LogP contribution in [0.5, 0.6) is 0 Å². The molecule has 0 saturated carbocycles. The van der Waals surface area contributed by atoms with E-state index in [2.05, 4.69) is 9.71 Å². The highest BCUT2D eigenvalue weighted by atomic mass is 35.5. The van der Waals surface area contributed by atoms with E-state index in [9.17, 15) is 13.2 Å². The molecule has 0 unspecified atom stereocenters. The van der Waals surface area contributed by atoms with Crippen LogP contribution in [-0.4, -0.2) is 19.2 Å². The highest BCUT2D eigenvalue weighted by molar-refractivity contribution is 7.92. The minimum Gasteiger partial charge on any atom is -0.287 e. The van der Waals surface area contributed by atoms with Gasteiger partial charge >= 0.3 is 0 Å². The van der Waals surface area contributed by atoms with E-state index >= 15 is 0 Å². The van der Waals surface area contributed by atoms with Gasteiger partial charge in [0.1, 0.15) is 5.69 Å². The third-order valence-electron chi connectivity index (χ3n) is 3.70. The van der Waals surface area contributed by atoms with Gasteiger partial charge in [0.05, 0.1) is 10.6 Å². The first-order valence-electron chi connectivity index (χ1n) is 7.71. The van der Waals surface area contributed by atoms with Crippen molar-refractivity contribution in [1.82, 2.24) is 4.98 Å². The third kappa shape index (κ3) is 3.92. The molecule has 0 fully saturated rings. The molecule has 0 aliphatic carbocycles. The van der Waals surface area contributed by atoms with Gasteiger partial charge in [0.15, 0.2) is 0 Å². The van der Waals surface area contributed by atoms with E-state index in [0.29, 0.717) is 5.02 Å². The molecule has 7 heteroatoms. The van der Waals surface area contributed by atoms with E-state index in [1.807, 2.05) is 6.92 Å². The van der Waals surface area contributed by atoms with Gasteiger partial charge in [-0.25, -0.2) is 8.42 Å². The summed E-state index contributed by atoms with van der Waals surface area (Å²) in [6.07, 6.45) is 1.49. The fourth-order valence-electron chi connectivity index (χ4n) is 2.35. The Labute approximate surface area is 156 Å². The van der Waals surface area contributed by atoms with Crippen LogP contribution in [0.15, 0.2) is 71.8 Å². The average Bonchev–Trinajstić information content (AvgIpc) is 2.63. The zero-order valence-corrected chi connectivity index (χ0v) is 15.4. The van der Waals surface area contributed by atoms with Crippen LogP contribution < -0.4 is 4.72 Å². The lowest BCUT2D eigenvalue weighted by molar-refractivity contribution is 0.103. The largest absolute Gasteiger partial charge is 0.287 e. The second kappa shape index (κ2) is 7.27. The topological polar surface area (TPSA) is 76.1 Å². The van der Waals surface area contributed by atoms with Crippen molar-refractivity contribution in [1.29, 1.82) is 0 Å². The number of hydrogen-bond donors (Lipinski definition) is 1. The number of carbonyl (C=O) groups is 1. The zero-order chi connectivity index (χ0) is 18.7. The van der Waals surface area contributed by atoms with E-state index in [-0.39, 0.29) is 21.8 Å². The molecule has 1 aromatic heterocycles. The number of nitrogens with one attached hydrogen (secondary N) is 1. The standard InChI is InChI=1S/C19H15ClN2O3S/c1-13-5-8-15(9-6-13)26(24,25)22-17-10-7-14(20)12-16(17)19(23)18-4-2-3-11-21-18/h2-12,22H,1H3. The minimum absolute atomic E-state index is 0.106. The second-order valence-corrected chi connectivity index (χ2v) is 7.77. The summed E-state index contributed by atoms with van der Waals surface area (Å²) >= 11 is 6.00. The van der Waals surface area contributed by atoms with Crippen LogP contribution in [-0.2, 0) is 10.0 Å². The summed E-state index contributed by atoms with van der Waals surface area (Å²) in [5.41, 5.74) is 1.42. The number of ketones is 1. The van der Waals surface area contributed by atoms with Gasteiger partial charge in [-0.2, -0.15) is 0 Å². The summed E-state index contributed by atoms with van der Waals surface area (Å²) in [4.78, 5) is 16.9. The molecule has 0 aliphatic rings. The number of sulfonamides is 1. The number of carbonyl (C=O) groups excluding carboxylic acids is 1. The lowest BCUT2D eigenvalue weighted by Gasteiger charge is -2.12. The van der Waals surface area contributed by atoms with Crippen molar-refractivity contribution in [3.8, 4) is 0 Å². The first kappa shape index (κ1) is 18.1. The molecule has 0 amide bonds. The SMILES string of the molecule is Cc1ccc(S(=O)(=O)Nc2ccc(Cl)cc2C(=O)c2ccccn2)cc1. The molecular weight excluding hydrogens is 372 g/mol. The number of anilines is 1. The van der Waals surface area contributed by atoms with Gasteiger partial charge in [0, 0.05) is 16.8 Å². The molecule has 5 nitrogen and oxygen atoms in total. The number of aryl methyl sites for hydroxylation is 1. The van der Waals surface area contributed by atoms with Gasteiger partial charge in [0.2, 0.25) is 5.78 Å². The maximum Gasteiger partial charge on any atom is 0.261 e. The Kier molecular flexibility index (Phi) is 5.06. The monoisotopic (exact) mass is 386 g/mol. The Morgan fingerprint density at radius 3 is 2.42 bits per heavy atom. The van der Waals surface area contributed by atoms with Gasteiger partial charge in [-0.05, 0) is 49.4 Å². The first-order valence-corrected chi connectivity index (χ1v) is 9.58. The molecule has 3 rings (SSSR count). The molecule has 26 heavy (non-hydrogen) atoms. The summed E-state index contributed by atoms with van der Waals surface area (Å²) < 4.78 is 27.7. The second-order valence-electron chi connectivity index (χ2n) is 5.65. The van der Waals surface area contributed by atoms with Crippen molar-refractivity contribution < 1.29 is 13.2 Å². The summed E-state index contributed by atoms with van der Waals surface area (Å²) in [5, 5.41) is 0.322. The van der Waals surface area contributed by atoms with Crippen LogP contribution in [0, 0.1) is 6.92 Å². The molecule has 0 spiro atoms. The Bertz CT molecular complexity index is 1050. The molecular formula is C19H15ClN2O3S. The maximum atomic E-state index is 12.7. The predicted octanol–water partition coefficient (Wildman–Crippen LogP) is 4.08. The normalized spacial score (nSPS) is 11.2. The van der Waals surface area contributed by atoms with Crippen molar-refractivity contribution in [2.75, 3.05) is 4.72 Å². The van der Waals surface area contributed by atoms with E-state index in [0.717, 1.165) is 5.56 Å². The number of halogens is 1. The number of pyridine rings is 1. The number of benzene rings is 2. The average molecular weight is 387 g/mol. The molecule has 132 valence electrons. The number of rotatable bonds is 5. The molecule has 0 bridgehead atoms. The lowest BCUT2D eigenvalue weighted by atomic mass is 10.1. The van der Waals surface area contributed by atoms with Gasteiger partial charge in [-0.1, -0.05) is 35.4 Å². The Balaban J connectivity index is 2.01. The van der Waals surface area contributed by atoms with Gasteiger partial charge in [-0.3, -0.25) is 14.5 Å². The fourth-order valence-corrected chi connectivity index (χ4v) is 3.60. The molecule has 1 N–H and O–H groups in total. The van der Waals surface area contributed by atoms with Crippen LogP contribution in [0.25, 0.3) is 0 Å². The minimum atomic E-state index is -3.85. The van der Waals surface area contributed by atoms with Crippen molar-refractivity contribution in [3.63, 3.8) is 0 Å². The summed E-state index contributed by atoms with van der Waals surface area (Å²) in [7, 11) is -3.85. The maximum absolute atomic E-state index is 12.7. The summed E-state index contributed by atoms with van der Waals surface area (Å²) in [5.74, 6) is -0.422. The van der Waals surface area contributed by atoms with Crippen LogP contribution in [0.2, 0.25) is 5.02 Å². The predicted molar refractivity (Wildman–Crippen MR) is 101 cm³/mol. The quantitative estimate of drug-likeness (QED) is 0.670. The smallest absolute Gasteiger partial charge is 0.261 e. The van der Waals surface area contributed by atoms with E-state index in [4.69, 9.17) is 11.6 Å². The van der Waals surface area contributed by atoms with Crippen molar-refractivity contribution in [2.45, 2.75) is 11.8 Å². The van der Waals surface area contributed by atoms with Crippen molar-refractivity contribution in [3.05, 3.63) is 88.7 Å². The Morgan fingerprint density at radius 1 is 1.04 bits per heavy atom. The van der Waals surface area contributed by atoms with Gasteiger partial charge in [-0.15, -0.1) is 0 Å². The van der Waals surface area contributed by atoms with Crippen LogP contribution in [0.1, 0.15) is 21.6 Å². The van der Waals surface area contributed by atoms with E-state index < -0.39 is 15.8 Å². The molecule has 0 saturated heterocycles. The van der Waals surface area contributed by atoms with Crippen LogP contribution in [0.4, 0.5) is 5.69 Å². The van der Waals surface area contributed by atoms with E-state index in [1.165, 1.54) is 36.5 Å². The number of hydrogen-bond acceptors (Lipinski definition) is 4. The summed E-state index contributed by atoms with van der Waals surface area (Å²) in [6.45, 7) is 1.87. The lowest BCUT2D eigenvalue weighted by Crippen LogP contribution is -2.16.